The van der Waals surface area contributed by atoms with Gasteiger partial charge in [0.05, 0.1) is 42.5 Å². The van der Waals surface area contributed by atoms with Crippen LogP contribution in [0.1, 0.15) is 23.0 Å². The molecule has 0 spiro atoms. The summed E-state index contributed by atoms with van der Waals surface area (Å²) in [4.78, 5) is 42.1. The van der Waals surface area contributed by atoms with Gasteiger partial charge in [0.1, 0.15) is 5.82 Å². The third kappa shape index (κ3) is 5.62. The highest BCUT2D eigenvalue weighted by Crippen LogP contribution is 2.31. The van der Waals surface area contributed by atoms with Crippen LogP contribution in [0.5, 0.6) is 0 Å². The standard InChI is InChI=1S/C21H24N4O6/c1-3-31-21(27)20-14(2)22-18(23-19(26)13-24-7-9-30-10-8-24)12-17(20)15-5-4-6-16(11-15)25(28)29/h4-6,11-12H,3,7-10,13H2,1-2H3,(H,22,23,26). The Kier molecular flexibility index (Phi) is 7.27. The van der Waals surface area contributed by atoms with E-state index in [-0.39, 0.29) is 36.1 Å². The van der Waals surface area contributed by atoms with Crippen molar-refractivity contribution in [3.05, 3.63) is 51.7 Å². The molecule has 1 N–H and O–H groups in total. The number of rotatable bonds is 7. The molecule has 1 aromatic heterocycles. The Hall–Kier alpha value is -3.37. The number of nitrogens with zero attached hydrogens (tertiary/aromatic N) is 3. The Balaban J connectivity index is 1.95. The van der Waals surface area contributed by atoms with Crippen molar-refractivity contribution in [2.24, 2.45) is 0 Å². The predicted molar refractivity (Wildman–Crippen MR) is 113 cm³/mol. The van der Waals surface area contributed by atoms with E-state index in [0.717, 1.165) is 0 Å². The molecule has 164 valence electrons. The Bertz CT molecular complexity index is 988. The molecule has 0 saturated carbocycles. The van der Waals surface area contributed by atoms with Gasteiger partial charge in [-0.25, -0.2) is 9.78 Å². The molecule has 31 heavy (non-hydrogen) atoms. The van der Waals surface area contributed by atoms with E-state index in [1.165, 1.54) is 24.3 Å². The minimum absolute atomic E-state index is 0.111. The molecular formula is C21H24N4O6. The Morgan fingerprint density at radius 1 is 1.29 bits per heavy atom. The van der Waals surface area contributed by atoms with Crippen LogP contribution < -0.4 is 5.32 Å². The zero-order chi connectivity index (χ0) is 22.4. The van der Waals surface area contributed by atoms with Gasteiger partial charge in [0, 0.05) is 30.8 Å². The van der Waals surface area contributed by atoms with E-state index in [2.05, 4.69) is 10.3 Å². The summed E-state index contributed by atoms with van der Waals surface area (Å²) in [6.45, 7) is 6.17. The van der Waals surface area contributed by atoms with Crippen LogP contribution in [0.2, 0.25) is 0 Å². The van der Waals surface area contributed by atoms with Crippen molar-refractivity contribution < 1.29 is 24.0 Å². The van der Waals surface area contributed by atoms with Gasteiger partial charge in [0.25, 0.3) is 5.69 Å². The highest BCUT2D eigenvalue weighted by molar-refractivity contribution is 6.00. The minimum atomic E-state index is -0.583. The molecular weight excluding hydrogens is 404 g/mol. The van der Waals surface area contributed by atoms with Crippen LogP contribution in [0.4, 0.5) is 11.5 Å². The number of ether oxygens (including phenoxy) is 2. The largest absolute Gasteiger partial charge is 0.462 e. The molecule has 2 heterocycles. The number of amides is 1. The summed E-state index contributed by atoms with van der Waals surface area (Å²) >= 11 is 0. The Morgan fingerprint density at radius 3 is 2.71 bits per heavy atom. The molecule has 1 aromatic carbocycles. The number of hydrogen-bond acceptors (Lipinski definition) is 8. The summed E-state index contributed by atoms with van der Waals surface area (Å²) in [5, 5.41) is 14.0. The third-order valence-electron chi connectivity index (χ3n) is 4.79. The van der Waals surface area contributed by atoms with E-state index in [0.29, 0.717) is 43.1 Å². The van der Waals surface area contributed by atoms with Gasteiger partial charge in [0.15, 0.2) is 0 Å². The van der Waals surface area contributed by atoms with Crippen molar-refractivity contribution in [1.29, 1.82) is 0 Å². The first kappa shape index (κ1) is 22.3. The molecule has 10 heteroatoms. The molecule has 1 aliphatic rings. The van der Waals surface area contributed by atoms with Gasteiger partial charge in [-0.2, -0.15) is 0 Å². The van der Waals surface area contributed by atoms with Gasteiger partial charge in [-0.1, -0.05) is 12.1 Å². The quantitative estimate of drug-likeness (QED) is 0.405. The summed E-state index contributed by atoms with van der Waals surface area (Å²) in [5.41, 5.74) is 1.29. The molecule has 1 fully saturated rings. The Labute approximate surface area is 179 Å². The lowest BCUT2D eigenvalue weighted by Crippen LogP contribution is -2.41. The topological polar surface area (TPSA) is 124 Å². The van der Waals surface area contributed by atoms with Crippen LogP contribution in [0.3, 0.4) is 0 Å². The summed E-state index contributed by atoms with van der Waals surface area (Å²) in [6.07, 6.45) is 0. The first-order chi connectivity index (χ1) is 14.9. The highest BCUT2D eigenvalue weighted by atomic mass is 16.6. The fraction of sp³-hybridized carbons (Fsp3) is 0.381. The lowest BCUT2D eigenvalue weighted by atomic mass is 9.98. The molecule has 0 bridgehead atoms. The minimum Gasteiger partial charge on any atom is -0.462 e. The number of hydrogen-bond donors (Lipinski definition) is 1. The summed E-state index contributed by atoms with van der Waals surface area (Å²) in [7, 11) is 0. The van der Waals surface area contributed by atoms with E-state index < -0.39 is 10.9 Å². The average Bonchev–Trinajstić information content (AvgIpc) is 2.74. The maximum atomic E-state index is 12.6. The SMILES string of the molecule is CCOC(=O)c1c(-c2cccc([N+](=O)[O-])c2)cc(NC(=O)CN2CCOCC2)nc1C. The normalized spacial score (nSPS) is 14.1. The second-order valence-corrected chi connectivity index (χ2v) is 6.98. The number of benzene rings is 1. The fourth-order valence-corrected chi connectivity index (χ4v) is 3.36. The summed E-state index contributed by atoms with van der Waals surface area (Å²) < 4.78 is 10.4. The molecule has 0 atom stereocenters. The number of anilines is 1. The number of pyridine rings is 1. The monoisotopic (exact) mass is 428 g/mol. The van der Waals surface area contributed by atoms with Crippen molar-refractivity contribution in [2.45, 2.75) is 13.8 Å². The number of aryl methyl sites for hydroxylation is 1. The second-order valence-electron chi connectivity index (χ2n) is 6.98. The molecule has 1 aliphatic heterocycles. The van der Waals surface area contributed by atoms with Crippen molar-refractivity contribution in [1.82, 2.24) is 9.88 Å². The number of esters is 1. The zero-order valence-electron chi connectivity index (χ0n) is 17.4. The predicted octanol–water partition coefficient (Wildman–Crippen LogP) is 2.41. The number of carbonyl (C=O) groups is 2. The number of nitro groups is 1. The van der Waals surface area contributed by atoms with Crippen LogP contribution in [0, 0.1) is 17.0 Å². The van der Waals surface area contributed by atoms with E-state index in [1.807, 2.05) is 4.90 Å². The van der Waals surface area contributed by atoms with E-state index in [1.54, 1.807) is 19.9 Å². The number of nitrogens with one attached hydrogen (secondary N) is 1. The van der Waals surface area contributed by atoms with Crippen molar-refractivity contribution in [2.75, 3.05) is 44.8 Å². The van der Waals surface area contributed by atoms with Crippen LogP contribution in [-0.2, 0) is 14.3 Å². The molecule has 0 unspecified atom stereocenters. The zero-order valence-corrected chi connectivity index (χ0v) is 17.4. The maximum absolute atomic E-state index is 12.6. The van der Waals surface area contributed by atoms with Crippen molar-refractivity contribution in [3.63, 3.8) is 0 Å². The number of non-ortho nitro benzene ring substituents is 1. The van der Waals surface area contributed by atoms with Gasteiger partial charge in [-0.15, -0.1) is 0 Å². The number of aromatic nitrogens is 1. The third-order valence-corrected chi connectivity index (χ3v) is 4.79. The fourth-order valence-electron chi connectivity index (χ4n) is 3.36. The van der Waals surface area contributed by atoms with Gasteiger partial charge >= 0.3 is 5.97 Å². The molecule has 3 rings (SSSR count). The summed E-state index contributed by atoms with van der Waals surface area (Å²) in [5.74, 6) is -0.576. The lowest BCUT2D eigenvalue weighted by molar-refractivity contribution is -0.384. The van der Waals surface area contributed by atoms with Crippen LogP contribution in [0.25, 0.3) is 11.1 Å². The average molecular weight is 428 g/mol. The first-order valence-electron chi connectivity index (χ1n) is 9.92. The molecule has 2 aromatic rings. The second kappa shape index (κ2) is 10.1. The Morgan fingerprint density at radius 2 is 2.03 bits per heavy atom. The smallest absolute Gasteiger partial charge is 0.340 e. The number of morpholine rings is 1. The molecule has 1 amide bonds. The van der Waals surface area contributed by atoms with E-state index >= 15 is 0 Å². The van der Waals surface area contributed by atoms with Gasteiger partial charge in [0.2, 0.25) is 5.91 Å². The van der Waals surface area contributed by atoms with Crippen LogP contribution >= 0.6 is 0 Å². The molecule has 0 aliphatic carbocycles. The van der Waals surface area contributed by atoms with Crippen molar-refractivity contribution in [3.8, 4) is 11.1 Å². The maximum Gasteiger partial charge on any atom is 0.340 e. The lowest BCUT2D eigenvalue weighted by Gasteiger charge is -2.25. The molecule has 1 saturated heterocycles. The molecule has 10 nitrogen and oxygen atoms in total. The highest BCUT2D eigenvalue weighted by Gasteiger charge is 2.22. The van der Waals surface area contributed by atoms with Gasteiger partial charge < -0.3 is 14.8 Å². The van der Waals surface area contributed by atoms with Gasteiger partial charge in [-0.05, 0) is 25.5 Å². The summed E-state index contributed by atoms with van der Waals surface area (Å²) in [6, 6.07) is 7.47. The number of nitro benzene ring substituents is 1. The van der Waals surface area contributed by atoms with Crippen LogP contribution in [-0.4, -0.2) is 66.1 Å². The first-order valence-corrected chi connectivity index (χ1v) is 9.92. The van der Waals surface area contributed by atoms with E-state index in [4.69, 9.17) is 9.47 Å². The van der Waals surface area contributed by atoms with Gasteiger partial charge in [-0.3, -0.25) is 19.8 Å². The van der Waals surface area contributed by atoms with Crippen LogP contribution in [0.15, 0.2) is 30.3 Å². The number of carbonyl (C=O) groups excluding carboxylic acids is 2. The van der Waals surface area contributed by atoms with Crippen molar-refractivity contribution >= 4 is 23.4 Å². The molecule has 0 radical (unpaired) electrons. The van der Waals surface area contributed by atoms with E-state index in [9.17, 15) is 19.7 Å².